The molecule has 0 amide bonds. The van der Waals surface area contributed by atoms with Crippen LogP contribution in [0.25, 0.3) is 0 Å². The Morgan fingerprint density at radius 1 is 1.14 bits per heavy atom. The van der Waals surface area contributed by atoms with Crippen LogP contribution in [-0.4, -0.2) is 23.6 Å². The quantitative estimate of drug-likeness (QED) is 0.556. The molecule has 0 aliphatic rings. The molecule has 1 aromatic rings. The number of carbonyl (C=O) groups excluding carboxylic acids is 1. The lowest BCUT2D eigenvalue weighted by atomic mass is 10.0. The Labute approximate surface area is 81.8 Å². The van der Waals surface area contributed by atoms with Crippen molar-refractivity contribution in [2.75, 3.05) is 7.11 Å². The summed E-state index contributed by atoms with van der Waals surface area (Å²) in [5, 5.41) is 19.2. The molecule has 4 nitrogen and oxygen atoms in total. The van der Waals surface area contributed by atoms with Crippen molar-refractivity contribution >= 4 is 6.29 Å². The lowest BCUT2D eigenvalue weighted by Crippen LogP contribution is -1.96. The van der Waals surface area contributed by atoms with E-state index in [9.17, 15) is 15.0 Å². The Hall–Kier alpha value is -1.71. The third kappa shape index (κ3) is 1.28. The molecule has 0 fully saturated rings. The highest BCUT2D eigenvalue weighted by atomic mass is 16.5. The Morgan fingerprint density at radius 3 is 2.07 bits per heavy atom. The van der Waals surface area contributed by atoms with Gasteiger partial charge in [-0.25, -0.2) is 0 Å². The predicted molar refractivity (Wildman–Crippen MR) is 51.2 cm³/mol. The predicted octanol–water partition coefficient (Wildman–Crippen LogP) is 1.54. The first kappa shape index (κ1) is 10.4. The molecule has 0 heterocycles. The Kier molecular flexibility index (Phi) is 2.65. The smallest absolute Gasteiger partial charge is 0.175 e. The average molecular weight is 196 g/mol. The van der Waals surface area contributed by atoms with Gasteiger partial charge < -0.3 is 14.9 Å². The fourth-order valence-corrected chi connectivity index (χ4v) is 1.28. The summed E-state index contributed by atoms with van der Waals surface area (Å²) >= 11 is 0. The molecule has 0 bridgehead atoms. The molecule has 0 saturated carbocycles. The molecule has 0 saturated heterocycles. The van der Waals surface area contributed by atoms with Gasteiger partial charge in [-0.2, -0.15) is 0 Å². The molecule has 0 aliphatic carbocycles. The van der Waals surface area contributed by atoms with Crippen LogP contribution in [0.4, 0.5) is 0 Å². The molecule has 1 aromatic carbocycles. The van der Waals surface area contributed by atoms with E-state index in [0.29, 0.717) is 17.4 Å². The van der Waals surface area contributed by atoms with Crippen LogP contribution >= 0.6 is 0 Å². The van der Waals surface area contributed by atoms with Gasteiger partial charge in [-0.3, -0.25) is 4.79 Å². The minimum atomic E-state index is -0.146. The maximum absolute atomic E-state index is 10.7. The van der Waals surface area contributed by atoms with Crippen LogP contribution < -0.4 is 4.74 Å². The second kappa shape index (κ2) is 3.57. The van der Waals surface area contributed by atoms with Crippen molar-refractivity contribution in [3.8, 4) is 17.2 Å². The van der Waals surface area contributed by atoms with Gasteiger partial charge in [0.2, 0.25) is 0 Å². The van der Waals surface area contributed by atoms with Crippen molar-refractivity contribution in [3.05, 3.63) is 16.7 Å². The molecule has 14 heavy (non-hydrogen) atoms. The van der Waals surface area contributed by atoms with E-state index in [0.717, 1.165) is 0 Å². The van der Waals surface area contributed by atoms with Crippen LogP contribution in [0.5, 0.6) is 17.2 Å². The minimum Gasteiger partial charge on any atom is -0.507 e. The molecular formula is C10H12O4. The summed E-state index contributed by atoms with van der Waals surface area (Å²) in [5.41, 5.74) is 0.962. The van der Waals surface area contributed by atoms with Crippen LogP contribution in [0.3, 0.4) is 0 Å². The maximum atomic E-state index is 10.7. The summed E-state index contributed by atoms with van der Waals surface area (Å²) in [6, 6.07) is 0. The largest absolute Gasteiger partial charge is 0.507 e. The zero-order valence-electron chi connectivity index (χ0n) is 8.29. The first-order valence-corrected chi connectivity index (χ1v) is 4.08. The van der Waals surface area contributed by atoms with E-state index in [1.165, 1.54) is 7.11 Å². The molecule has 0 spiro atoms. The number of aldehydes is 1. The zero-order valence-corrected chi connectivity index (χ0v) is 8.29. The van der Waals surface area contributed by atoms with Crippen LogP contribution in [0.1, 0.15) is 21.5 Å². The Bertz CT molecular complexity index is 382. The second-order valence-electron chi connectivity index (χ2n) is 3.01. The van der Waals surface area contributed by atoms with E-state index >= 15 is 0 Å². The lowest BCUT2D eigenvalue weighted by molar-refractivity contribution is 0.111. The van der Waals surface area contributed by atoms with Crippen LogP contribution in [0.15, 0.2) is 0 Å². The van der Waals surface area contributed by atoms with Gasteiger partial charge in [0.15, 0.2) is 17.8 Å². The van der Waals surface area contributed by atoms with Gasteiger partial charge in [0, 0.05) is 5.56 Å². The summed E-state index contributed by atoms with van der Waals surface area (Å²) in [6.45, 7) is 3.26. The number of phenolic OH excluding ortho intramolecular Hbond substituents is 2. The summed E-state index contributed by atoms with van der Waals surface area (Å²) in [7, 11) is 1.33. The Morgan fingerprint density at radius 2 is 1.64 bits per heavy atom. The highest BCUT2D eigenvalue weighted by Crippen LogP contribution is 2.40. The fourth-order valence-electron chi connectivity index (χ4n) is 1.28. The van der Waals surface area contributed by atoms with Gasteiger partial charge in [0.25, 0.3) is 0 Å². The molecule has 1 rings (SSSR count). The highest BCUT2D eigenvalue weighted by Gasteiger charge is 2.19. The van der Waals surface area contributed by atoms with Crippen LogP contribution in [0.2, 0.25) is 0 Å². The molecule has 4 heteroatoms. The SMILES string of the molecule is COc1c(O)c(C)c(C)c(O)c1C=O. The van der Waals surface area contributed by atoms with Crippen molar-refractivity contribution < 1.29 is 19.7 Å². The van der Waals surface area contributed by atoms with Gasteiger partial charge in [-0.15, -0.1) is 0 Å². The molecule has 0 aromatic heterocycles. The minimum absolute atomic E-state index is 0.0144. The number of benzene rings is 1. The fraction of sp³-hybridized carbons (Fsp3) is 0.300. The van der Waals surface area contributed by atoms with E-state index in [-0.39, 0.29) is 22.8 Å². The molecule has 2 N–H and O–H groups in total. The summed E-state index contributed by atoms with van der Waals surface area (Å²) in [6.07, 6.45) is 0.459. The maximum Gasteiger partial charge on any atom is 0.175 e. The topological polar surface area (TPSA) is 66.8 Å². The van der Waals surface area contributed by atoms with E-state index in [1.54, 1.807) is 13.8 Å². The summed E-state index contributed by atoms with van der Waals surface area (Å²) in [5.74, 6) is -0.238. The first-order valence-electron chi connectivity index (χ1n) is 4.08. The van der Waals surface area contributed by atoms with E-state index < -0.39 is 0 Å². The number of ether oxygens (including phenoxy) is 1. The monoisotopic (exact) mass is 196 g/mol. The lowest BCUT2D eigenvalue weighted by Gasteiger charge is -2.13. The van der Waals surface area contributed by atoms with Gasteiger partial charge in [-0.1, -0.05) is 0 Å². The van der Waals surface area contributed by atoms with E-state index in [2.05, 4.69) is 0 Å². The van der Waals surface area contributed by atoms with E-state index in [4.69, 9.17) is 4.74 Å². The van der Waals surface area contributed by atoms with Gasteiger partial charge in [-0.05, 0) is 19.4 Å². The van der Waals surface area contributed by atoms with Crippen LogP contribution in [-0.2, 0) is 0 Å². The number of hydrogen-bond donors (Lipinski definition) is 2. The molecule has 0 unspecified atom stereocenters. The standard InChI is InChI=1S/C10H12O4/c1-5-6(2)9(13)10(14-3)7(4-11)8(5)12/h4,12-13H,1-3H3. The number of phenols is 2. The average Bonchev–Trinajstić information content (AvgIpc) is 2.20. The number of carbonyl (C=O) groups is 1. The van der Waals surface area contributed by atoms with Gasteiger partial charge in [0.1, 0.15) is 11.3 Å². The molecule has 0 atom stereocenters. The van der Waals surface area contributed by atoms with Crippen molar-refractivity contribution in [1.29, 1.82) is 0 Å². The number of methoxy groups -OCH3 is 1. The second-order valence-corrected chi connectivity index (χ2v) is 3.01. The molecular weight excluding hydrogens is 184 g/mol. The third-order valence-electron chi connectivity index (χ3n) is 2.31. The van der Waals surface area contributed by atoms with Crippen molar-refractivity contribution in [2.24, 2.45) is 0 Å². The zero-order chi connectivity index (χ0) is 10.9. The van der Waals surface area contributed by atoms with E-state index in [1.807, 2.05) is 0 Å². The molecule has 0 aliphatic heterocycles. The van der Waals surface area contributed by atoms with Crippen molar-refractivity contribution in [2.45, 2.75) is 13.8 Å². The summed E-state index contributed by atoms with van der Waals surface area (Å²) < 4.78 is 4.84. The van der Waals surface area contributed by atoms with Crippen molar-refractivity contribution in [3.63, 3.8) is 0 Å². The molecule has 0 radical (unpaired) electrons. The number of rotatable bonds is 2. The third-order valence-corrected chi connectivity index (χ3v) is 2.31. The van der Waals surface area contributed by atoms with Gasteiger partial charge in [0.05, 0.1) is 7.11 Å². The highest BCUT2D eigenvalue weighted by molar-refractivity contribution is 5.87. The summed E-state index contributed by atoms with van der Waals surface area (Å²) in [4.78, 5) is 10.7. The Balaban J connectivity index is 3.65. The number of aromatic hydroxyl groups is 2. The normalized spacial score (nSPS) is 9.93. The van der Waals surface area contributed by atoms with Crippen LogP contribution in [0, 0.1) is 13.8 Å². The number of hydrogen-bond acceptors (Lipinski definition) is 4. The van der Waals surface area contributed by atoms with Gasteiger partial charge >= 0.3 is 0 Å². The van der Waals surface area contributed by atoms with Crippen molar-refractivity contribution in [1.82, 2.24) is 0 Å². The molecule has 76 valence electrons. The first-order chi connectivity index (χ1) is 6.54.